The van der Waals surface area contributed by atoms with Gasteiger partial charge in [0, 0.05) is 39.2 Å². The average Bonchev–Trinajstić information content (AvgIpc) is 3.22. The number of hydrogen-bond donors (Lipinski definition) is 0. The van der Waals surface area contributed by atoms with Crippen molar-refractivity contribution in [3.63, 3.8) is 0 Å². The van der Waals surface area contributed by atoms with Gasteiger partial charge in [-0.25, -0.2) is 0 Å². The number of ether oxygens (including phenoxy) is 2. The first-order valence-electron chi connectivity index (χ1n) is 17.7. The van der Waals surface area contributed by atoms with Gasteiger partial charge in [-0.05, 0) is 71.3 Å². The van der Waals surface area contributed by atoms with Crippen LogP contribution < -0.4 is 14.4 Å². The molecule has 8 aromatic carbocycles. The van der Waals surface area contributed by atoms with Crippen molar-refractivity contribution < 1.29 is 9.47 Å². The Kier molecular flexibility index (Phi) is 7.04. The Hall–Kier alpha value is -6.84. The molecule has 0 bridgehead atoms. The van der Waals surface area contributed by atoms with Gasteiger partial charge in [-0.2, -0.15) is 0 Å². The van der Waals surface area contributed by atoms with Crippen molar-refractivity contribution in [2.45, 2.75) is 5.41 Å². The smallest absolute Gasteiger partial charge is 0.132 e. The highest BCUT2D eigenvalue weighted by molar-refractivity contribution is 5.89. The molecule has 0 aromatic heterocycles. The maximum atomic E-state index is 6.78. The van der Waals surface area contributed by atoms with Crippen LogP contribution in [0.25, 0.3) is 22.3 Å². The van der Waals surface area contributed by atoms with E-state index in [2.05, 4.69) is 187 Å². The van der Waals surface area contributed by atoms with Crippen LogP contribution in [0.15, 0.2) is 200 Å². The lowest BCUT2D eigenvalue weighted by Crippen LogP contribution is -2.37. The number of rotatable bonds is 5. The number of para-hydroxylation sites is 4. The second-order valence-corrected chi connectivity index (χ2v) is 13.3. The first-order chi connectivity index (χ1) is 25.8. The van der Waals surface area contributed by atoms with Crippen LogP contribution >= 0.6 is 0 Å². The summed E-state index contributed by atoms with van der Waals surface area (Å²) in [7, 11) is 0. The Labute approximate surface area is 303 Å². The summed E-state index contributed by atoms with van der Waals surface area (Å²) < 4.78 is 13.4. The Morgan fingerprint density at radius 2 is 0.769 bits per heavy atom. The zero-order valence-electron chi connectivity index (χ0n) is 28.3. The molecular formula is C49H33NO2. The molecule has 0 amide bonds. The largest absolute Gasteiger partial charge is 0.457 e. The SMILES string of the molecule is c1ccc(-c2ccc(N(c3ccc4c(c3)C3(c5ccccc5Oc5ccccc53)c3ccccc3O4)c3ccccc3-c3ccccc3)cc2)cc1. The quantitative estimate of drug-likeness (QED) is 0.182. The monoisotopic (exact) mass is 667 g/mol. The number of hydrogen-bond acceptors (Lipinski definition) is 3. The van der Waals surface area contributed by atoms with E-state index in [1.807, 2.05) is 18.2 Å². The summed E-state index contributed by atoms with van der Waals surface area (Å²) >= 11 is 0. The van der Waals surface area contributed by atoms with Gasteiger partial charge in [-0.3, -0.25) is 0 Å². The molecule has 10 rings (SSSR count). The molecular weight excluding hydrogens is 635 g/mol. The molecule has 1 spiro atoms. The predicted octanol–water partition coefficient (Wildman–Crippen LogP) is 13.1. The highest BCUT2D eigenvalue weighted by atomic mass is 16.5. The maximum absolute atomic E-state index is 6.78. The minimum atomic E-state index is -0.687. The van der Waals surface area contributed by atoms with Crippen molar-refractivity contribution in [3.05, 3.63) is 222 Å². The maximum Gasteiger partial charge on any atom is 0.132 e. The lowest BCUT2D eigenvalue weighted by molar-refractivity contribution is 0.399. The van der Waals surface area contributed by atoms with E-state index in [1.54, 1.807) is 0 Å². The van der Waals surface area contributed by atoms with Crippen LogP contribution in [-0.2, 0) is 5.41 Å². The fourth-order valence-corrected chi connectivity index (χ4v) is 8.13. The Morgan fingerprint density at radius 3 is 1.37 bits per heavy atom. The summed E-state index contributed by atoms with van der Waals surface area (Å²) in [4.78, 5) is 2.38. The third-order valence-corrected chi connectivity index (χ3v) is 10.4. The summed E-state index contributed by atoms with van der Waals surface area (Å²) in [5, 5.41) is 0. The van der Waals surface area contributed by atoms with E-state index in [1.165, 1.54) is 11.1 Å². The van der Waals surface area contributed by atoms with Crippen molar-refractivity contribution in [1.29, 1.82) is 0 Å². The van der Waals surface area contributed by atoms with Crippen LogP contribution in [0.2, 0.25) is 0 Å². The fraction of sp³-hybridized carbons (Fsp3) is 0.0204. The molecule has 0 fully saturated rings. The van der Waals surface area contributed by atoms with Gasteiger partial charge in [0.1, 0.15) is 23.0 Å². The normalized spacial score (nSPS) is 13.1. The van der Waals surface area contributed by atoms with Gasteiger partial charge in [0.15, 0.2) is 0 Å². The second kappa shape index (κ2) is 12.2. The van der Waals surface area contributed by atoms with Gasteiger partial charge in [0.2, 0.25) is 0 Å². The third-order valence-electron chi connectivity index (χ3n) is 10.4. The third kappa shape index (κ3) is 4.67. The van der Waals surface area contributed by atoms with E-state index < -0.39 is 5.41 Å². The minimum Gasteiger partial charge on any atom is -0.457 e. The van der Waals surface area contributed by atoms with Crippen LogP contribution in [0.1, 0.15) is 22.3 Å². The molecule has 3 heteroatoms. The summed E-state index contributed by atoms with van der Waals surface area (Å²) in [5.41, 5.74) is 11.5. The van der Waals surface area contributed by atoms with E-state index in [-0.39, 0.29) is 0 Å². The van der Waals surface area contributed by atoms with Crippen molar-refractivity contribution in [2.24, 2.45) is 0 Å². The molecule has 0 radical (unpaired) electrons. The van der Waals surface area contributed by atoms with Crippen molar-refractivity contribution in [1.82, 2.24) is 0 Å². The van der Waals surface area contributed by atoms with Gasteiger partial charge in [-0.15, -0.1) is 0 Å². The highest BCUT2D eigenvalue weighted by Gasteiger charge is 2.50. The molecule has 2 heterocycles. The van der Waals surface area contributed by atoms with Gasteiger partial charge in [0.05, 0.1) is 11.1 Å². The molecule has 0 unspecified atom stereocenters. The molecule has 246 valence electrons. The molecule has 8 aromatic rings. The number of benzene rings is 8. The zero-order chi connectivity index (χ0) is 34.5. The van der Waals surface area contributed by atoms with E-state index in [9.17, 15) is 0 Å². The second-order valence-electron chi connectivity index (χ2n) is 13.3. The fourth-order valence-electron chi connectivity index (χ4n) is 8.13. The Morgan fingerprint density at radius 1 is 0.327 bits per heavy atom. The van der Waals surface area contributed by atoms with Crippen LogP contribution in [0.4, 0.5) is 17.1 Å². The minimum absolute atomic E-state index is 0.687. The molecule has 0 saturated carbocycles. The lowest BCUT2D eigenvalue weighted by atomic mass is 9.62. The molecule has 52 heavy (non-hydrogen) atoms. The summed E-state index contributed by atoms with van der Waals surface area (Å²) in [5.74, 6) is 3.36. The molecule has 0 saturated heterocycles. The summed E-state index contributed by atoms with van der Waals surface area (Å²) in [6.45, 7) is 0. The number of nitrogens with zero attached hydrogens (tertiary/aromatic N) is 1. The number of anilines is 3. The number of fused-ring (bicyclic) bond motifs is 8. The highest BCUT2D eigenvalue weighted by Crippen LogP contribution is 2.62. The van der Waals surface area contributed by atoms with E-state index in [0.717, 1.165) is 73.4 Å². The van der Waals surface area contributed by atoms with Crippen molar-refractivity contribution in [2.75, 3.05) is 4.90 Å². The first-order valence-corrected chi connectivity index (χ1v) is 17.7. The first kappa shape index (κ1) is 30.0. The van der Waals surface area contributed by atoms with Crippen molar-refractivity contribution >= 4 is 17.1 Å². The van der Waals surface area contributed by atoms with Gasteiger partial charge >= 0.3 is 0 Å². The molecule has 2 aliphatic rings. The standard InChI is InChI=1S/C49H33NO2/c1-3-15-34(16-4-1)35-27-29-37(30-28-35)50(44-23-11-7-19-39(44)36-17-5-2-6-18-36)38-31-32-48-43(33-38)49(42-22-10-14-26-47(42)52-48)40-20-8-12-24-45(40)51-46-25-13-9-21-41(46)49/h1-33H. The summed E-state index contributed by atoms with van der Waals surface area (Å²) in [6, 6.07) is 70.7. The predicted molar refractivity (Wildman–Crippen MR) is 210 cm³/mol. The zero-order valence-corrected chi connectivity index (χ0v) is 28.3. The molecule has 2 aliphatic heterocycles. The topological polar surface area (TPSA) is 21.7 Å². The lowest BCUT2D eigenvalue weighted by Gasteiger charge is -2.45. The average molecular weight is 668 g/mol. The summed E-state index contributed by atoms with van der Waals surface area (Å²) in [6.07, 6.45) is 0. The molecule has 0 atom stereocenters. The Balaban J connectivity index is 1.24. The van der Waals surface area contributed by atoms with E-state index in [4.69, 9.17) is 9.47 Å². The van der Waals surface area contributed by atoms with E-state index >= 15 is 0 Å². The van der Waals surface area contributed by atoms with Crippen LogP contribution in [-0.4, -0.2) is 0 Å². The van der Waals surface area contributed by atoms with Gasteiger partial charge in [-0.1, -0.05) is 146 Å². The molecule has 0 aliphatic carbocycles. The van der Waals surface area contributed by atoms with Crippen LogP contribution in [0.3, 0.4) is 0 Å². The Bertz CT molecular complexity index is 2470. The van der Waals surface area contributed by atoms with Gasteiger partial charge in [0.25, 0.3) is 0 Å². The molecule has 3 nitrogen and oxygen atoms in total. The van der Waals surface area contributed by atoms with E-state index in [0.29, 0.717) is 0 Å². The van der Waals surface area contributed by atoms with Gasteiger partial charge < -0.3 is 14.4 Å². The molecule has 0 N–H and O–H groups in total. The van der Waals surface area contributed by atoms with Crippen LogP contribution in [0, 0.1) is 0 Å². The van der Waals surface area contributed by atoms with Crippen LogP contribution in [0.5, 0.6) is 23.0 Å². The van der Waals surface area contributed by atoms with Crippen molar-refractivity contribution in [3.8, 4) is 45.3 Å².